The molecular formula is C11H19NO. The molecule has 0 saturated carbocycles. The van der Waals surface area contributed by atoms with Crippen molar-refractivity contribution in [3.8, 4) is 6.07 Å². The van der Waals surface area contributed by atoms with Gasteiger partial charge in [-0.1, -0.05) is 20.8 Å². The summed E-state index contributed by atoms with van der Waals surface area (Å²) < 4.78 is 5.41. The van der Waals surface area contributed by atoms with E-state index in [2.05, 4.69) is 26.8 Å². The Labute approximate surface area is 80.9 Å². The van der Waals surface area contributed by atoms with Crippen LogP contribution in [0, 0.1) is 22.2 Å². The molecule has 13 heavy (non-hydrogen) atoms. The molecule has 1 rings (SSSR count). The predicted octanol–water partition coefficient (Wildman–Crippen LogP) is 2.74. The molecule has 2 heteroatoms. The first-order valence-electron chi connectivity index (χ1n) is 4.92. The van der Waals surface area contributed by atoms with Crippen molar-refractivity contribution >= 4 is 0 Å². The van der Waals surface area contributed by atoms with Gasteiger partial charge in [-0.05, 0) is 18.3 Å². The number of rotatable bonds is 2. The molecule has 1 saturated heterocycles. The van der Waals surface area contributed by atoms with Crippen LogP contribution in [0.25, 0.3) is 0 Å². The van der Waals surface area contributed by atoms with Crippen molar-refractivity contribution in [1.29, 1.82) is 5.26 Å². The van der Waals surface area contributed by atoms with Crippen molar-refractivity contribution < 1.29 is 4.74 Å². The number of ether oxygens (including phenoxy) is 1. The molecule has 0 N–H and O–H groups in total. The van der Waals surface area contributed by atoms with Crippen molar-refractivity contribution in [3.63, 3.8) is 0 Å². The van der Waals surface area contributed by atoms with Crippen LogP contribution in [0.15, 0.2) is 0 Å². The SMILES string of the molecule is CC(C)(C)CC1(CC#N)CCOC1. The lowest BCUT2D eigenvalue weighted by Crippen LogP contribution is -2.27. The van der Waals surface area contributed by atoms with Gasteiger partial charge in [0.2, 0.25) is 0 Å². The third-order valence-corrected chi connectivity index (χ3v) is 2.54. The lowest BCUT2D eigenvalue weighted by molar-refractivity contribution is 0.119. The summed E-state index contributed by atoms with van der Waals surface area (Å²) in [7, 11) is 0. The van der Waals surface area contributed by atoms with E-state index in [9.17, 15) is 0 Å². The summed E-state index contributed by atoms with van der Waals surface area (Å²) in [4.78, 5) is 0. The van der Waals surface area contributed by atoms with Gasteiger partial charge in [-0.2, -0.15) is 5.26 Å². The average molecular weight is 181 g/mol. The van der Waals surface area contributed by atoms with Crippen LogP contribution in [0.4, 0.5) is 0 Å². The molecule has 1 aliphatic heterocycles. The highest BCUT2D eigenvalue weighted by molar-refractivity contribution is 4.93. The fraction of sp³-hybridized carbons (Fsp3) is 0.909. The number of nitriles is 1. The standard InChI is InChI=1S/C11H19NO/c1-10(2,3)8-11(4-6-12)5-7-13-9-11/h4-5,7-9H2,1-3H3. The zero-order valence-corrected chi connectivity index (χ0v) is 8.89. The van der Waals surface area contributed by atoms with E-state index in [0.717, 1.165) is 26.1 Å². The van der Waals surface area contributed by atoms with Crippen LogP contribution in [0.3, 0.4) is 0 Å². The molecule has 0 aromatic carbocycles. The van der Waals surface area contributed by atoms with Crippen LogP contribution in [0.2, 0.25) is 0 Å². The van der Waals surface area contributed by atoms with Gasteiger partial charge in [0.15, 0.2) is 0 Å². The quantitative estimate of drug-likeness (QED) is 0.656. The largest absolute Gasteiger partial charge is 0.381 e. The second-order valence-corrected chi connectivity index (χ2v) is 5.37. The molecule has 1 heterocycles. The van der Waals surface area contributed by atoms with E-state index >= 15 is 0 Å². The first-order valence-corrected chi connectivity index (χ1v) is 4.92. The Morgan fingerprint density at radius 2 is 2.15 bits per heavy atom. The monoisotopic (exact) mass is 181 g/mol. The van der Waals surface area contributed by atoms with Crippen LogP contribution in [-0.4, -0.2) is 13.2 Å². The number of hydrogen-bond acceptors (Lipinski definition) is 2. The minimum absolute atomic E-state index is 0.146. The first-order chi connectivity index (χ1) is 5.97. The van der Waals surface area contributed by atoms with Crippen molar-refractivity contribution in [2.24, 2.45) is 10.8 Å². The van der Waals surface area contributed by atoms with Crippen LogP contribution in [0.5, 0.6) is 0 Å². The molecule has 0 aromatic heterocycles. The molecule has 0 bridgehead atoms. The molecule has 0 aromatic rings. The zero-order chi connectivity index (χ0) is 9.95. The normalized spacial score (nSPS) is 28.8. The van der Waals surface area contributed by atoms with Gasteiger partial charge in [-0.15, -0.1) is 0 Å². The van der Waals surface area contributed by atoms with E-state index < -0.39 is 0 Å². The summed E-state index contributed by atoms with van der Waals surface area (Å²) in [6, 6.07) is 2.29. The Bertz CT molecular complexity index is 203. The highest BCUT2D eigenvalue weighted by Gasteiger charge is 2.38. The molecule has 0 amide bonds. The molecule has 0 aliphatic carbocycles. The summed E-state index contributed by atoms with van der Waals surface area (Å²) in [6.07, 6.45) is 2.79. The molecule has 74 valence electrons. The Kier molecular flexibility index (Phi) is 2.98. The Hall–Kier alpha value is -0.550. The van der Waals surface area contributed by atoms with Gasteiger partial charge in [0.05, 0.1) is 12.7 Å². The fourth-order valence-electron chi connectivity index (χ4n) is 2.28. The van der Waals surface area contributed by atoms with E-state index in [-0.39, 0.29) is 5.41 Å². The van der Waals surface area contributed by atoms with E-state index in [1.807, 2.05) is 0 Å². The Balaban J connectivity index is 2.63. The third kappa shape index (κ3) is 3.00. The summed E-state index contributed by atoms with van der Waals surface area (Å²) >= 11 is 0. The second kappa shape index (κ2) is 3.67. The topological polar surface area (TPSA) is 33.0 Å². The van der Waals surface area contributed by atoms with Gasteiger partial charge in [-0.25, -0.2) is 0 Å². The van der Waals surface area contributed by atoms with Crippen LogP contribution >= 0.6 is 0 Å². The molecule has 0 radical (unpaired) electrons. The van der Waals surface area contributed by atoms with E-state index in [0.29, 0.717) is 11.8 Å². The maximum Gasteiger partial charge on any atom is 0.0628 e. The highest BCUT2D eigenvalue weighted by atomic mass is 16.5. The fourth-order valence-corrected chi connectivity index (χ4v) is 2.28. The summed E-state index contributed by atoms with van der Waals surface area (Å²) in [6.45, 7) is 8.29. The van der Waals surface area contributed by atoms with Crippen molar-refractivity contribution in [2.75, 3.05) is 13.2 Å². The Morgan fingerprint density at radius 1 is 1.46 bits per heavy atom. The average Bonchev–Trinajstić information content (AvgIpc) is 2.33. The predicted molar refractivity (Wildman–Crippen MR) is 52.2 cm³/mol. The highest BCUT2D eigenvalue weighted by Crippen LogP contribution is 2.42. The van der Waals surface area contributed by atoms with Gasteiger partial charge in [-0.3, -0.25) is 0 Å². The smallest absolute Gasteiger partial charge is 0.0628 e. The molecule has 1 unspecified atom stereocenters. The van der Waals surface area contributed by atoms with Gasteiger partial charge < -0.3 is 4.74 Å². The zero-order valence-electron chi connectivity index (χ0n) is 8.89. The van der Waals surface area contributed by atoms with Crippen molar-refractivity contribution in [1.82, 2.24) is 0 Å². The molecule has 1 atom stereocenters. The molecule has 0 spiro atoms. The molecule has 1 aliphatic rings. The van der Waals surface area contributed by atoms with E-state index in [1.165, 1.54) is 0 Å². The number of hydrogen-bond donors (Lipinski definition) is 0. The molecular weight excluding hydrogens is 162 g/mol. The number of nitrogens with zero attached hydrogens (tertiary/aromatic N) is 1. The van der Waals surface area contributed by atoms with Gasteiger partial charge >= 0.3 is 0 Å². The second-order valence-electron chi connectivity index (χ2n) is 5.37. The summed E-state index contributed by atoms with van der Waals surface area (Å²) in [5, 5.41) is 8.78. The van der Waals surface area contributed by atoms with Crippen LogP contribution in [0.1, 0.15) is 40.0 Å². The first kappa shape index (κ1) is 10.5. The van der Waals surface area contributed by atoms with Gasteiger partial charge in [0, 0.05) is 18.4 Å². The lowest BCUT2D eigenvalue weighted by Gasteiger charge is -2.32. The van der Waals surface area contributed by atoms with Crippen LogP contribution < -0.4 is 0 Å². The van der Waals surface area contributed by atoms with E-state index in [4.69, 9.17) is 10.00 Å². The maximum absolute atomic E-state index is 8.78. The lowest BCUT2D eigenvalue weighted by atomic mass is 9.72. The third-order valence-electron chi connectivity index (χ3n) is 2.54. The summed E-state index contributed by atoms with van der Waals surface area (Å²) in [5.74, 6) is 0. The molecule has 1 fully saturated rings. The maximum atomic E-state index is 8.78. The summed E-state index contributed by atoms with van der Waals surface area (Å²) in [5.41, 5.74) is 0.442. The van der Waals surface area contributed by atoms with Crippen molar-refractivity contribution in [3.05, 3.63) is 0 Å². The van der Waals surface area contributed by atoms with Crippen molar-refractivity contribution in [2.45, 2.75) is 40.0 Å². The van der Waals surface area contributed by atoms with Crippen LogP contribution in [-0.2, 0) is 4.74 Å². The van der Waals surface area contributed by atoms with E-state index in [1.54, 1.807) is 0 Å². The minimum Gasteiger partial charge on any atom is -0.381 e. The Morgan fingerprint density at radius 3 is 2.54 bits per heavy atom. The molecule has 2 nitrogen and oxygen atoms in total. The minimum atomic E-state index is 0.146. The van der Waals surface area contributed by atoms with Gasteiger partial charge in [0.25, 0.3) is 0 Å². The van der Waals surface area contributed by atoms with Gasteiger partial charge in [0.1, 0.15) is 0 Å².